The van der Waals surface area contributed by atoms with Crippen molar-refractivity contribution in [3.8, 4) is 0 Å². The van der Waals surface area contributed by atoms with E-state index < -0.39 is 4.92 Å². The maximum absolute atomic E-state index is 10.8. The summed E-state index contributed by atoms with van der Waals surface area (Å²) in [6, 6.07) is 3.64. The van der Waals surface area contributed by atoms with Gasteiger partial charge < -0.3 is 5.32 Å². The number of nitrogens with zero attached hydrogens (tertiary/aromatic N) is 1. The summed E-state index contributed by atoms with van der Waals surface area (Å²) in [7, 11) is 0. The molecule has 2 atom stereocenters. The summed E-state index contributed by atoms with van der Waals surface area (Å²) in [5.41, 5.74) is 1.74. The highest BCUT2D eigenvalue weighted by atomic mass is 35.5. The van der Waals surface area contributed by atoms with Crippen LogP contribution in [0.1, 0.15) is 31.7 Å². The van der Waals surface area contributed by atoms with Gasteiger partial charge in [0.2, 0.25) is 0 Å². The summed E-state index contributed by atoms with van der Waals surface area (Å²) >= 11 is 5.94. The lowest BCUT2D eigenvalue weighted by atomic mass is 10.1. The molecule has 0 bridgehead atoms. The molecule has 2 unspecified atom stereocenters. The van der Waals surface area contributed by atoms with Crippen LogP contribution in [0.2, 0.25) is 5.02 Å². The van der Waals surface area contributed by atoms with E-state index in [1.165, 1.54) is 18.9 Å². The fourth-order valence-electron chi connectivity index (χ4n) is 2.52. The van der Waals surface area contributed by atoms with Gasteiger partial charge >= 0.3 is 0 Å². The molecule has 4 nitrogen and oxygen atoms in total. The normalized spacial score (nSPS) is 23.1. The Morgan fingerprint density at radius 2 is 2.17 bits per heavy atom. The van der Waals surface area contributed by atoms with Crippen LogP contribution in [-0.4, -0.2) is 11.0 Å². The number of aryl methyl sites for hydroxylation is 1. The van der Waals surface area contributed by atoms with Crippen LogP contribution in [-0.2, 0) is 0 Å². The van der Waals surface area contributed by atoms with Crippen LogP contribution >= 0.6 is 11.6 Å². The standard InChI is InChI=1S/C13H17ClN2O2/c1-8-4-3-5-11(8)15-12-7-10(14)13(16(17)18)6-9(12)2/h6-8,11,15H,3-5H2,1-2H3. The Bertz CT molecular complexity index is 476. The van der Waals surface area contributed by atoms with Gasteiger partial charge in [0, 0.05) is 17.8 Å². The Kier molecular flexibility index (Phi) is 3.76. The lowest BCUT2D eigenvalue weighted by Crippen LogP contribution is -2.22. The van der Waals surface area contributed by atoms with Gasteiger partial charge in [-0.3, -0.25) is 10.1 Å². The minimum Gasteiger partial charge on any atom is -0.382 e. The van der Waals surface area contributed by atoms with Crippen molar-refractivity contribution in [2.45, 2.75) is 39.2 Å². The first kappa shape index (κ1) is 13.1. The van der Waals surface area contributed by atoms with Crippen molar-refractivity contribution in [3.05, 3.63) is 32.8 Å². The Morgan fingerprint density at radius 3 is 2.72 bits per heavy atom. The monoisotopic (exact) mass is 268 g/mol. The highest BCUT2D eigenvalue weighted by Gasteiger charge is 2.24. The molecule has 0 aromatic heterocycles. The zero-order valence-corrected chi connectivity index (χ0v) is 11.3. The van der Waals surface area contributed by atoms with Crippen LogP contribution < -0.4 is 5.32 Å². The summed E-state index contributed by atoms with van der Waals surface area (Å²) in [5.74, 6) is 0.637. The van der Waals surface area contributed by atoms with E-state index in [9.17, 15) is 10.1 Å². The number of nitro groups is 1. The summed E-state index contributed by atoms with van der Waals surface area (Å²) < 4.78 is 0. The largest absolute Gasteiger partial charge is 0.382 e. The Morgan fingerprint density at radius 1 is 1.44 bits per heavy atom. The summed E-state index contributed by atoms with van der Waals surface area (Å²) in [5, 5.41) is 14.4. The second-order valence-corrected chi connectivity index (χ2v) is 5.44. The van der Waals surface area contributed by atoms with Gasteiger partial charge in [-0.1, -0.05) is 24.9 Å². The SMILES string of the molecule is Cc1cc([N+](=O)[O-])c(Cl)cc1NC1CCCC1C. The molecule has 0 amide bonds. The first-order valence-corrected chi connectivity index (χ1v) is 6.58. The van der Waals surface area contributed by atoms with Gasteiger partial charge in [0.1, 0.15) is 5.02 Å². The number of halogens is 1. The molecule has 1 aromatic rings. The van der Waals surface area contributed by atoms with Crippen molar-refractivity contribution in [1.82, 2.24) is 0 Å². The molecular weight excluding hydrogens is 252 g/mol. The Labute approximate surface area is 111 Å². The first-order valence-electron chi connectivity index (χ1n) is 6.20. The van der Waals surface area contributed by atoms with Gasteiger partial charge in [0.25, 0.3) is 5.69 Å². The van der Waals surface area contributed by atoms with Crippen molar-refractivity contribution in [3.63, 3.8) is 0 Å². The molecule has 0 heterocycles. The van der Waals surface area contributed by atoms with Crippen molar-refractivity contribution < 1.29 is 4.92 Å². The van der Waals surface area contributed by atoms with Crippen molar-refractivity contribution in [2.24, 2.45) is 5.92 Å². The second-order valence-electron chi connectivity index (χ2n) is 5.03. The molecule has 5 heteroatoms. The number of hydrogen-bond donors (Lipinski definition) is 1. The van der Waals surface area contributed by atoms with E-state index in [4.69, 9.17) is 11.6 Å². The molecular formula is C13H17ClN2O2. The third kappa shape index (κ3) is 2.58. The van der Waals surface area contributed by atoms with Crippen LogP contribution in [0.15, 0.2) is 12.1 Å². The van der Waals surface area contributed by atoms with Crippen LogP contribution in [0.5, 0.6) is 0 Å². The number of nitrogens with one attached hydrogen (secondary N) is 1. The van der Waals surface area contributed by atoms with Crippen LogP contribution in [0.3, 0.4) is 0 Å². The van der Waals surface area contributed by atoms with E-state index in [2.05, 4.69) is 12.2 Å². The smallest absolute Gasteiger partial charge is 0.288 e. The number of rotatable bonds is 3. The van der Waals surface area contributed by atoms with E-state index in [0.29, 0.717) is 12.0 Å². The summed E-state index contributed by atoms with van der Waals surface area (Å²) in [6.45, 7) is 4.10. The van der Waals surface area contributed by atoms with E-state index in [0.717, 1.165) is 17.7 Å². The van der Waals surface area contributed by atoms with Gasteiger partial charge in [-0.15, -0.1) is 0 Å². The van der Waals surface area contributed by atoms with Crippen molar-refractivity contribution in [2.75, 3.05) is 5.32 Å². The predicted octanol–water partition coefficient (Wildman–Crippen LogP) is 4.16. The molecule has 1 N–H and O–H groups in total. The molecule has 18 heavy (non-hydrogen) atoms. The molecule has 1 aliphatic carbocycles. The van der Waals surface area contributed by atoms with Gasteiger partial charge in [0.05, 0.1) is 4.92 Å². The van der Waals surface area contributed by atoms with E-state index in [1.807, 2.05) is 6.92 Å². The molecule has 0 spiro atoms. The van der Waals surface area contributed by atoms with E-state index >= 15 is 0 Å². The topological polar surface area (TPSA) is 55.2 Å². The average Bonchev–Trinajstić information content (AvgIpc) is 2.69. The molecule has 0 saturated heterocycles. The van der Waals surface area contributed by atoms with E-state index in [1.54, 1.807) is 6.07 Å². The van der Waals surface area contributed by atoms with Gasteiger partial charge in [-0.2, -0.15) is 0 Å². The van der Waals surface area contributed by atoms with Gasteiger partial charge in [-0.05, 0) is 37.3 Å². The summed E-state index contributed by atoms with van der Waals surface area (Å²) in [6.07, 6.45) is 3.62. The Hall–Kier alpha value is -1.29. The number of hydrogen-bond acceptors (Lipinski definition) is 3. The van der Waals surface area contributed by atoms with Crippen molar-refractivity contribution >= 4 is 23.0 Å². The minimum atomic E-state index is -0.447. The highest BCUT2D eigenvalue weighted by Crippen LogP contribution is 2.33. The number of nitro benzene ring substituents is 1. The molecule has 2 rings (SSSR count). The number of anilines is 1. The molecule has 1 aromatic carbocycles. The maximum atomic E-state index is 10.8. The molecule has 0 aliphatic heterocycles. The highest BCUT2D eigenvalue weighted by molar-refractivity contribution is 6.33. The summed E-state index contributed by atoms with van der Waals surface area (Å²) in [4.78, 5) is 10.3. The lowest BCUT2D eigenvalue weighted by molar-refractivity contribution is -0.384. The molecule has 1 fully saturated rings. The number of benzene rings is 1. The van der Waals surface area contributed by atoms with Crippen molar-refractivity contribution in [1.29, 1.82) is 0 Å². The third-order valence-corrected chi connectivity index (χ3v) is 4.00. The molecule has 0 radical (unpaired) electrons. The lowest BCUT2D eigenvalue weighted by Gasteiger charge is -2.20. The van der Waals surface area contributed by atoms with Gasteiger partial charge in [0.15, 0.2) is 0 Å². The third-order valence-electron chi connectivity index (χ3n) is 3.69. The van der Waals surface area contributed by atoms with Crippen LogP contribution in [0.4, 0.5) is 11.4 Å². The molecule has 98 valence electrons. The van der Waals surface area contributed by atoms with Gasteiger partial charge in [-0.25, -0.2) is 0 Å². The molecule has 1 saturated carbocycles. The van der Waals surface area contributed by atoms with Crippen LogP contribution in [0.25, 0.3) is 0 Å². The zero-order valence-electron chi connectivity index (χ0n) is 10.6. The zero-order chi connectivity index (χ0) is 13.3. The first-order chi connectivity index (χ1) is 8.49. The Balaban J connectivity index is 2.23. The predicted molar refractivity (Wildman–Crippen MR) is 73.3 cm³/mol. The van der Waals surface area contributed by atoms with E-state index in [-0.39, 0.29) is 10.7 Å². The quantitative estimate of drug-likeness (QED) is 0.662. The fraction of sp³-hybridized carbons (Fsp3) is 0.538. The fourth-order valence-corrected chi connectivity index (χ4v) is 2.75. The average molecular weight is 269 g/mol. The van der Waals surface area contributed by atoms with Crippen LogP contribution in [0, 0.1) is 23.0 Å². The molecule has 1 aliphatic rings. The second kappa shape index (κ2) is 5.14. The minimum absolute atomic E-state index is 0.0285. The maximum Gasteiger partial charge on any atom is 0.288 e.